The zero-order chi connectivity index (χ0) is 38.0. The number of ether oxygens (including phenoxy) is 9. The standard InChI is InChI=1S/C30H43N5O16/c1-13(36)31-23-27(48-18(6)41)25(46-16(4)39)21(50-29(23)43-8)10-35-9-20(33-34-35)11-45-30-24(32-14(2)37)28(49-19(7)42)26(47-17(5)40)22(51-30)12-44-15(3)38/h9,21-30H,10-12H2,1-8H3,(H,31,36)(H,32,37)/t21-,22-,23-,24-,25-,26-,27-,28-,29+,30+/m1/s1. The molecule has 2 amide bonds. The molecular weight excluding hydrogens is 686 g/mol. The van der Waals surface area contributed by atoms with Crippen LogP contribution in [0.3, 0.4) is 0 Å². The van der Waals surface area contributed by atoms with Crippen LogP contribution in [0.15, 0.2) is 6.20 Å². The van der Waals surface area contributed by atoms with E-state index >= 15 is 0 Å². The molecule has 0 spiro atoms. The molecule has 2 fully saturated rings. The van der Waals surface area contributed by atoms with Crippen LogP contribution < -0.4 is 10.6 Å². The normalized spacial score (nSPS) is 28.8. The minimum Gasteiger partial charge on any atom is -0.463 e. The van der Waals surface area contributed by atoms with E-state index < -0.39 is 110 Å². The molecule has 21 nitrogen and oxygen atoms in total. The van der Waals surface area contributed by atoms with E-state index in [1.165, 1.54) is 31.8 Å². The molecule has 0 saturated carbocycles. The number of nitrogens with zero attached hydrogens (tertiary/aromatic N) is 3. The average Bonchev–Trinajstić information content (AvgIpc) is 3.46. The Bertz CT molecular complexity index is 1440. The topological polar surface area (TPSA) is 257 Å². The van der Waals surface area contributed by atoms with Gasteiger partial charge in [-0.25, -0.2) is 4.68 Å². The molecule has 3 rings (SSSR count). The van der Waals surface area contributed by atoms with E-state index in [-0.39, 0.29) is 18.8 Å². The van der Waals surface area contributed by atoms with E-state index in [2.05, 4.69) is 20.9 Å². The summed E-state index contributed by atoms with van der Waals surface area (Å²) in [6.45, 7) is 7.31. The van der Waals surface area contributed by atoms with Crippen molar-refractivity contribution in [2.24, 2.45) is 0 Å². The van der Waals surface area contributed by atoms with Gasteiger partial charge in [-0.1, -0.05) is 5.21 Å². The van der Waals surface area contributed by atoms with Gasteiger partial charge in [-0.3, -0.25) is 33.6 Å². The molecule has 0 aromatic carbocycles. The van der Waals surface area contributed by atoms with E-state index in [1.807, 2.05) is 0 Å². The molecule has 3 heterocycles. The number of esters is 5. The molecule has 0 bridgehead atoms. The lowest BCUT2D eigenvalue weighted by molar-refractivity contribution is -0.280. The number of methoxy groups -OCH3 is 1. The van der Waals surface area contributed by atoms with Crippen LogP contribution in [0.2, 0.25) is 0 Å². The summed E-state index contributed by atoms with van der Waals surface area (Å²) in [5, 5.41) is 13.4. The molecule has 0 aliphatic carbocycles. The van der Waals surface area contributed by atoms with Crippen LogP contribution in [0, 0.1) is 0 Å². The second-order valence-electron chi connectivity index (χ2n) is 11.6. The molecule has 2 aliphatic heterocycles. The maximum Gasteiger partial charge on any atom is 0.303 e. The van der Waals surface area contributed by atoms with Crippen LogP contribution in [0.25, 0.3) is 0 Å². The minimum absolute atomic E-state index is 0.118. The molecule has 284 valence electrons. The summed E-state index contributed by atoms with van der Waals surface area (Å²) in [5.41, 5.74) is 0.221. The predicted molar refractivity (Wildman–Crippen MR) is 163 cm³/mol. The molecule has 1 aromatic heterocycles. The average molecular weight is 730 g/mol. The van der Waals surface area contributed by atoms with Gasteiger partial charge in [-0.15, -0.1) is 5.10 Å². The third kappa shape index (κ3) is 11.9. The van der Waals surface area contributed by atoms with Crippen LogP contribution in [0.5, 0.6) is 0 Å². The van der Waals surface area contributed by atoms with Gasteiger partial charge in [0, 0.05) is 55.6 Å². The fourth-order valence-electron chi connectivity index (χ4n) is 5.58. The lowest BCUT2D eigenvalue weighted by Crippen LogP contribution is -2.66. The molecule has 2 N–H and O–H groups in total. The first-order chi connectivity index (χ1) is 24.0. The second kappa shape index (κ2) is 18.5. The van der Waals surface area contributed by atoms with E-state index in [0.29, 0.717) is 0 Å². The summed E-state index contributed by atoms with van der Waals surface area (Å²) in [6.07, 6.45) is -8.30. The summed E-state index contributed by atoms with van der Waals surface area (Å²) in [7, 11) is 1.32. The Morgan fingerprint density at radius 1 is 0.686 bits per heavy atom. The summed E-state index contributed by atoms with van der Waals surface area (Å²) in [4.78, 5) is 84.0. The molecule has 1 aromatic rings. The summed E-state index contributed by atoms with van der Waals surface area (Å²) < 4.78 is 51.6. The first-order valence-electron chi connectivity index (χ1n) is 15.7. The van der Waals surface area contributed by atoms with Crippen LogP contribution >= 0.6 is 0 Å². The highest BCUT2D eigenvalue weighted by Crippen LogP contribution is 2.30. The minimum atomic E-state index is -1.36. The number of carbonyl (C=O) groups excluding carboxylic acids is 7. The molecule has 2 aliphatic rings. The third-order valence-electron chi connectivity index (χ3n) is 7.27. The highest BCUT2D eigenvalue weighted by atomic mass is 16.7. The first-order valence-corrected chi connectivity index (χ1v) is 15.7. The Hall–Kier alpha value is -4.73. The summed E-state index contributed by atoms with van der Waals surface area (Å²) in [5.74, 6) is -4.66. The zero-order valence-corrected chi connectivity index (χ0v) is 29.3. The van der Waals surface area contributed by atoms with Gasteiger partial charge in [-0.2, -0.15) is 0 Å². The molecule has 0 unspecified atom stereocenters. The van der Waals surface area contributed by atoms with Crippen molar-refractivity contribution in [3.05, 3.63) is 11.9 Å². The monoisotopic (exact) mass is 729 g/mol. The van der Waals surface area contributed by atoms with Gasteiger partial charge in [0.15, 0.2) is 37.0 Å². The van der Waals surface area contributed by atoms with Gasteiger partial charge in [0.25, 0.3) is 0 Å². The van der Waals surface area contributed by atoms with Crippen molar-refractivity contribution in [2.75, 3.05) is 13.7 Å². The zero-order valence-electron chi connectivity index (χ0n) is 29.3. The molecule has 21 heteroatoms. The van der Waals surface area contributed by atoms with Crippen LogP contribution in [0.1, 0.15) is 54.2 Å². The van der Waals surface area contributed by atoms with E-state index in [1.54, 1.807) is 0 Å². The lowest BCUT2D eigenvalue weighted by atomic mass is 9.95. The maximum absolute atomic E-state index is 12.2. The van der Waals surface area contributed by atoms with Crippen LogP contribution in [0.4, 0.5) is 0 Å². The van der Waals surface area contributed by atoms with Crippen molar-refractivity contribution in [3.8, 4) is 0 Å². The van der Waals surface area contributed by atoms with Gasteiger partial charge in [0.2, 0.25) is 11.8 Å². The number of nitrogens with one attached hydrogen (secondary N) is 2. The number of rotatable bonds is 14. The van der Waals surface area contributed by atoms with Crippen LogP contribution in [-0.4, -0.2) is 132 Å². The fraction of sp³-hybridized carbons (Fsp3) is 0.700. The van der Waals surface area contributed by atoms with Gasteiger partial charge in [-0.05, 0) is 0 Å². The maximum atomic E-state index is 12.2. The van der Waals surface area contributed by atoms with E-state index in [0.717, 1.165) is 34.6 Å². The Morgan fingerprint density at radius 2 is 1.16 bits per heavy atom. The van der Waals surface area contributed by atoms with Gasteiger partial charge < -0.3 is 53.3 Å². The van der Waals surface area contributed by atoms with Crippen molar-refractivity contribution in [3.63, 3.8) is 0 Å². The molecular formula is C30H43N5O16. The lowest BCUT2D eigenvalue weighted by Gasteiger charge is -2.44. The third-order valence-corrected chi connectivity index (χ3v) is 7.27. The SMILES string of the molecule is CO[C@H]1O[C@H](Cn2cc(CO[C@H]3O[C@H](COC(C)=O)[C@@H](OC(C)=O)[C@H](OC(C)=O)[C@H]3NC(C)=O)nn2)[C@@H](OC(C)=O)[C@H](OC(C)=O)[C@H]1NC(C)=O. The highest BCUT2D eigenvalue weighted by molar-refractivity contribution is 5.74. The number of aromatic nitrogens is 3. The fourth-order valence-corrected chi connectivity index (χ4v) is 5.58. The second-order valence-corrected chi connectivity index (χ2v) is 11.6. The Morgan fingerprint density at radius 3 is 1.63 bits per heavy atom. The Labute approximate surface area is 292 Å². The number of carbonyl (C=O) groups is 7. The van der Waals surface area contributed by atoms with Gasteiger partial charge >= 0.3 is 29.8 Å². The van der Waals surface area contributed by atoms with Crippen molar-refractivity contribution >= 4 is 41.7 Å². The Kier molecular flexibility index (Phi) is 14.8. The van der Waals surface area contributed by atoms with Gasteiger partial charge in [0.1, 0.15) is 36.6 Å². The quantitative estimate of drug-likeness (QED) is 0.158. The molecule has 2 saturated heterocycles. The molecule has 51 heavy (non-hydrogen) atoms. The first kappa shape index (κ1) is 40.7. The Balaban J connectivity index is 1.86. The van der Waals surface area contributed by atoms with Gasteiger partial charge in [0.05, 0.1) is 19.3 Å². The predicted octanol–water partition coefficient (Wildman–Crippen LogP) is -1.81. The van der Waals surface area contributed by atoms with Crippen molar-refractivity contribution in [1.82, 2.24) is 25.6 Å². The smallest absolute Gasteiger partial charge is 0.303 e. The van der Waals surface area contributed by atoms with E-state index in [4.69, 9.17) is 42.6 Å². The molecule has 10 atom stereocenters. The number of hydrogen-bond acceptors (Lipinski definition) is 18. The van der Waals surface area contributed by atoms with Crippen molar-refractivity contribution in [1.29, 1.82) is 0 Å². The van der Waals surface area contributed by atoms with Crippen LogP contribution in [-0.2, 0) is 89.3 Å². The van der Waals surface area contributed by atoms with E-state index in [9.17, 15) is 33.6 Å². The van der Waals surface area contributed by atoms with Crippen molar-refractivity contribution in [2.45, 2.75) is 123 Å². The summed E-state index contributed by atoms with van der Waals surface area (Å²) >= 11 is 0. The number of amides is 2. The largest absolute Gasteiger partial charge is 0.463 e. The number of hydrogen-bond donors (Lipinski definition) is 2. The summed E-state index contributed by atoms with van der Waals surface area (Å²) in [6, 6.07) is -2.25. The van der Waals surface area contributed by atoms with Crippen molar-refractivity contribution < 1.29 is 76.2 Å². The molecule has 0 radical (unpaired) electrons. The highest BCUT2D eigenvalue weighted by Gasteiger charge is 2.52.